The highest BCUT2D eigenvalue weighted by atomic mass is 16.5. The maximum Gasteiger partial charge on any atom is 0.262 e. The predicted octanol–water partition coefficient (Wildman–Crippen LogP) is 1.82. The standard InChI is InChI=1S/C13H16N4O2/c1-3-8-7-15-17-12(8)16-13(18)11-9(14)5-4-6-10(11)19-2/h4-7H,3,14H2,1-2H3,(H2,15,16,17,18). The van der Waals surface area contributed by atoms with Crippen molar-refractivity contribution in [3.05, 3.63) is 35.5 Å². The summed E-state index contributed by atoms with van der Waals surface area (Å²) in [4.78, 5) is 12.3. The molecule has 1 aromatic carbocycles. The number of benzene rings is 1. The maximum atomic E-state index is 12.3. The number of methoxy groups -OCH3 is 1. The summed E-state index contributed by atoms with van der Waals surface area (Å²) in [6, 6.07) is 5.09. The smallest absolute Gasteiger partial charge is 0.262 e. The number of carbonyl (C=O) groups is 1. The molecule has 1 heterocycles. The number of hydrogen-bond acceptors (Lipinski definition) is 4. The van der Waals surface area contributed by atoms with Crippen molar-refractivity contribution in [3.63, 3.8) is 0 Å². The molecular weight excluding hydrogens is 244 g/mol. The first-order chi connectivity index (χ1) is 9.17. The summed E-state index contributed by atoms with van der Waals surface area (Å²) in [5, 5.41) is 9.41. The lowest BCUT2D eigenvalue weighted by atomic mass is 10.1. The van der Waals surface area contributed by atoms with Crippen molar-refractivity contribution in [3.8, 4) is 5.75 Å². The lowest BCUT2D eigenvalue weighted by Gasteiger charge is -2.11. The molecule has 100 valence electrons. The molecule has 2 aromatic rings. The Labute approximate surface area is 111 Å². The molecule has 0 fully saturated rings. The van der Waals surface area contributed by atoms with Gasteiger partial charge in [-0.2, -0.15) is 5.10 Å². The summed E-state index contributed by atoms with van der Waals surface area (Å²) in [5.74, 6) is 0.696. The van der Waals surface area contributed by atoms with Gasteiger partial charge in [0.05, 0.1) is 13.3 Å². The van der Waals surface area contributed by atoms with Crippen molar-refractivity contribution in [2.75, 3.05) is 18.2 Å². The van der Waals surface area contributed by atoms with Gasteiger partial charge in [-0.25, -0.2) is 0 Å². The first kappa shape index (κ1) is 12.9. The van der Waals surface area contributed by atoms with Crippen LogP contribution in [-0.2, 0) is 6.42 Å². The van der Waals surface area contributed by atoms with E-state index in [9.17, 15) is 4.79 Å². The van der Waals surface area contributed by atoms with Crippen LogP contribution in [0.2, 0.25) is 0 Å². The van der Waals surface area contributed by atoms with E-state index >= 15 is 0 Å². The molecule has 6 nitrogen and oxygen atoms in total. The predicted molar refractivity (Wildman–Crippen MR) is 73.3 cm³/mol. The summed E-state index contributed by atoms with van der Waals surface area (Å²) in [6.45, 7) is 1.98. The van der Waals surface area contributed by atoms with Crippen LogP contribution in [0.1, 0.15) is 22.8 Å². The SMILES string of the molecule is CCc1cn[nH]c1NC(=O)c1c(N)cccc1OC. The zero-order chi connectivity index (χ0) is 13.8. The van der Waals surface area contributed by atoms with E-state index < -0.39 is 0 Å². The first-order valence-corrected chi connectivity index (χ1v) is 5.93. The molecule has 0 unspecified atom stereocenters. The Morgan fingerprint density at radius 1 is 1.53 bits per heavy atom. The van der Waals surface area contributed by atoms with Crippen LogP contribution in [0.4, 0.5) is 11.5 Å². The minimum absolute atomic E-state index is 0.321. The number of anilines is 2. The third-order valence-electron chi connectivity index (χ3n) is 2.84. The van der Waals surface area contributed by atoms with E-state index in [1.54, 1.807) is 24.4 Å². The van der Waals surface area contributed by atoms with E-state index in [0.717, 1.165) is 12.0 Å². The fourth-order valence-corrected chi connectivity index (χ4v) is 1.82. The molecule has 0 saturated heterocycles. The Kier molecular flexibility index (Phi) is 3.70. The second-order valence-electron chi connectivity index (χ2n) is 4.00. The molecule has 2 rings (SSSR count). The monoisotopic (exact) mass is 260 g/mol. The van der Waals surface area contributed by atoms with Crippen molar-refractivity contribution in [2.45, 2.75) is 13.3 Å². The Bertz CT molecular complexity index is 592. The van der Waals surface area contributed by atoms with Crippen LogP contribution >= 0.6 is 0 Å². The number of aryl methyl sites for hydroxylation is 1. The number of rotatable bonds is 4. The first-order valence-electron chi connectivity index (χ1n) is 5.93. The number of amides is 1. The molecule has 0 atom stereocenters. The molecule has 4 N–H and O–H groups in total. The van der Waals surface area contributed by atoms with Gasteiger partial charge in [-0.3, -0.25) is 9.89 Å². The van der Waals surface area contributed by atoms with Crippen LogP contribution in [0.15, 0.2) is 24.4 Å². The van der Waals surface area contributed by atoms with Gasteiger partial charge < -0.3 is 15.8 Å². The molecule has 0 radical (unpaired) electrons. The van der Waals surface area contributed by atoms with Gasteiger partial charge in [-0.1, -0.05) is 13.0 Å². The third kappa shape index (κ3) is 2.52. The van der Waals surface area contributed by atoms with Gasteiger partial charge >= 0.3 is 0 Å². The van der Waals surface area contributed by atoms with Crippen molar-refractivity contribution in [2.24, 2.45) is 0 Å². The van der Waals surface area contributed by atoms with Crippen LogP contribution in [-0.4, -0.2) is 23.2 Å². The van der Waals surface area contributed by atoms with E-state index in [1.807, 2.05) is 6.92 Å². The fourth-order valence-electron chi connectivity index (χ4n) is 1.82. The highest BCUT2D eigenvalue weighted by Crippen LogP contribution is 2.25. The quantitative estimate of drug-likeness (QED) is 0.731. The van der Waals surface area contributed by atoms with E-state index in [4.69, 9.17) is 10.5 Å². The molecule has 0 aliphatic rings. The highest BCUT2D eigenvalue weighted by molar-refractivity contribution is 6.09. The van der Waals surface area contributed by atoms with Crippen LogP contribution in [0.5, 0.6) is 5.75 Å². The van der Waals surface area contributed by atoms with Crippen molar-refractivity contribution in [1.82, 2.24) is 10.2 Å². The molecule has 6 heteroatoms. The lowest BCUT2D eigenvalue weighted by Crippen LogP contribution is -2.16. The molecule has 1 aromatic heterocycles. The second-order valence-corrected chi connectivity index (χ2v) is 4.00. The van der Waals surface area contributed by atoms with Gasteiger partial charge in [0, 0.05) is 11.3 Å². The minimum Gasteiger partial charge on any atom is -0.496 e. The van der Waals surface area contributed by atoms with Gasteiger partial charge in [0.1, 0.15) is 17.1 Å². The summed E-state index contributed by atoms with van der Waals surface area (Å²) >= 11 is 0. The van der Waals surface area contributed by atoms with E-state index in [-0.39, 0.29) is 5.91 Å². The average molecular weight is 260 g/mol. The number of nitrogens with two attached hydrogens (primary N) is 1. The molecule has 0 spiro atoms. The summed E-state index contributed by atoms with van der Waals surface area (Å²) in [5.41, 5.74) is 7.45. The number of H-pyrrole nitrogens is 1. The Hall–Kier alpha value is -2.50. The molecule has 1 amide bonds. The molecule has 0 aliphatic heterocycles. The highest BCUT2D eigenvalue weighted by Gasteiger charge is 2.17. The van der Waals surface area contributed by atoms with Gasteiger partial charge in [-0.05, 0) is 18.6 Å². The van der Waals surface area contributed by atoms with Gasteiger partial charge in [-0.15, -0.1) is 0 Å². The number of nitrogens with zero attached hydrogens (tertiary/aromatic N) is 1. The number of nitrogens with one attached hydrogen (secondary N) is 2. The van der Waals surface area contributed by atoms with Gasteiger partial charge in [0.25, 0.3) is 5.91 Å². The van der Waals surface area contributed by atoms with E-state index in [2.05, 4.69) is 15.5 Å². The van der Waals surface area contributed by atoms with Crippen LogP contribution in [0, 0.1) is 0 Å². The number of nitrogen functional groups attached to an aromatic ring is 1. The molecule has 0 saturated carbocycles. The van der Waals surface area contributed by atoms with Crippen LogP contribution in [0.25, 0.3) is 0 Å². The van der Waals surface area contributed by atoms with Gasteiger partial charge in [0.15, 0.2) is 0 Å². The summed E-state index contributed by atoms with van der Waals surface area (Å²) in [6.07, 6.45) is 2.45. The molecule has 0 aliphatic carbocycles. The Morgan fingerprint density at radius 2 is 2.32 bits per heavy atom. The molecular formula is C13H16N4O2. The van der Waals surface area contributed by atoms with Crippen molar-refractivity contribution >= 4 is 17.4 Å². The zero-order valence-corrected chi connectivity index (χ0v) is 10.9. The molecule has 19 heavy (non-hydrogen) atoms. The Balaban J connectivity index is 2.30. The van der Waals surface area contributed by atoms with E-state index in [0.29, 0.717) is 22.8 Å². The number of hydrogen-bond donors (Lipinski definition) is 3. The second kappa shape index (κ2) is 5.43. The maximum absolute atomic E-state index is 12.3. The number of aromatic amines is 1. The topological polar surface area (TPSA) is 93.0 Å². The largest absolute Gasteiger partial charge is 0.496 e. The average Bonchev–Trinajstić information content (AvgIpc) is 2.85. The third-order valence-corrected chi connectivity index (χ3v) is 2.84. The summed E-state index contributed by atoms with van der Waals surface area (Å²) in [7, 11) is 1.50. The number of aromatic nitrogens is 2. The number of ether oxygens (including phenoxy) is 1. The molecule has 0 bridgehead atoms. The summed E-state index contributed by atoms with van der Waals surface area (Å²) < 4.78 is 5.16. The minimum atomic E-state index is -0.325. The van der Waals surface area contributed by atoms with Crippen LogP contribution < -0.4 is 15.8 Å². The Morgan fingerprint density at radius 3 is 3.00 bits per heavy atom. The zero-order valence-electron chi connectivity index (χ0n) is 10.9. The van der Waals surface area contributed by atoms with E-state index in [1.165, 1.54) is 7.11 Å². The van der Waals surface area contributed by atoms with Crippen LogP contribution in [0.3, 0.4) is 0 Å². The lowest BCUT2D eigenvalue weighted by molar-refractivity contribution is 0.102. The van der Waals surface area contributed by atoms with Gasteiger partial charge in [0.2, 0.25) is 0 Å². The fraction of sp³-hybridized carbons (Fsp3) is 0.231. The normalized spacial score (nSPS) is 10.2. The van der Waals surface area contributed by atoms with Crippen molar-refractivity contribution < 1.29 is 9.53 Å². The van der Waals surface area contributed by atoms with Crippen molar-refractivity contribution in [1.29, 1.82) is 0 Å². The number of carbonyl (C=O) groups excluding carboxylic acids is 1.